The molecule has 1 rings (SSSR count). The van der Waals surface area contributed by atoms with E-state index in [2.05, 4.69) is 30.5 Å². The predicted molar refractivity (Wildman–Crippen MR) is 86.9 cm³/mol. The zero-order valence-electron chi connectivity index (χ0n) is 12.4. The largest absolute Gasteiger partial charge is 0.370 e. The maximum absolute atomic E-state index is 8.39. The summed E-state index contributed by atoms with van der Waals surface area (Å²) in [6.45, 7) is 1.73. The summed E-state index contributed by atoms with van der Waals surface area (Å²) in [5.41, 5.74) is 11.3. The minimum absolute atomic E-state index is 0.170. The van der Waals surface area contributed by atoms with Crippen LogP contribution in [0.3, 0.4) is 0 Å². The van der Waals surface area contributed by atoms with Gasteiger partial charge in [0.1, 0.15) is 12.2 Å². The monoisotopic (exact) mass is 324 g/mol. The third-order valence-electron chi connectivity index (χ3n) is 2.53. The third-order valence-corrected chi connectivity index (χ3v) is 3.48. The smallest absolute Gasteiger partial charge is 0.209 e. The second-order valence-corrected chi connectivity index (χ2v) is 5.28. The molecule has 11 heteroatoms. The van der Waals surface area contributed by atoms with Crippen LogP contribution in [0, 0.1) is 11.5 Å². The molecule has 0 aliphatic carbocycles. The molecule has 10 nitrogen and oxygen atoms in total. The second kappa shape index (κ2) is 10.3. The van der Waals surface area contributed by atoms with Gasteiger partial charge in [-0.15, -0.1) is 4.99 Å². The highest BCUT2D eigenvalue weighted by Crippen LogP contribution is 2.06. The van der Waals surface area contributed by atoms with E-state index in [9.17, 15) is 0 Å². The van der Waals surface area contributed by atoms with Crippen molar-refractivity contribution >= 4 is 23.7 Å². The fourth-order valence-corrected chi connectivity index (χ4v) is 2.06. The molecule has 0 aliphatic heterocycles. The van der Waals surface area contributed by atoms with E-state index in [1.165, 1.54) is 6.33 Å². The first-order valence-electron chi connectivity index (χ1n) is 6.52. The molecule has 22 heavy (non-hydrogen) atoms. The van der Waals surface area contributed by atoms with Crippen LogP contribution in [0.4, 0.5) is 0 Å². The number of nitrogens with two attached hydrogens (primary N) is 2. The van der Waals surface area contributed by atoms with E-state index in [-0.39, 0.29) is 5.96 Å². The van der Waals surface area contributed by atoms with E-state index < -0.39 is 0 Å². The molecule has 0 unspecified atom stereocenters. The molecule has 0 radical (unpaired) electrons. The molecular weight excluding hydrogens is 304 g/mol. The summed E-state index contributed by atoms with van der Waals surface area (Å²) < 4.78 is 0. The zero-order chi connectivity index (χ0) is 16.2. The predicted octanol–water partition coefficient (Wildman–Crippen LogP) is -1.33. The molecule has 0 bridgehead atoms. The molecule has 6 N–H and O–H groups in total. The van der Waals surface area contributed by atoms with E-state index in [0.29, 0.717) is 25.6 Å². The van der Waals surface area contributed by atoms with Gasteiger partial charge in [0, 0.05) is 25.9 Å². The first-order chi connectivity index (χ1) is 10.6. The highest BCUT2D eigenvalue weighted by Gasteiger charge is 2.01. The summed E-state index contributed by atoms with van der Waals surface area (Å²) in [4.78, 5) is 13.3. The van der Waals surface area contributed by atoms with Gasteiger partial charge in [-0.3, -0.25) is 10.1 Å². The van der Waals surface area contributed by atoms with Gasteiger partial charge in [0.15, 0.2) is 5.96 Å². The number of hydrogen-bond donors (Lipinski definition) is 4. The summed E-state index contributed by atoms with van der Waals surface area (Å²) in [6.07, 6.45) is 3.12. The van der Waals surface area contributed by atoms with Gasteiger partial charge in [-0.2, -0.15) is 22.1 Å². The van der Waals surface area contributed by atoms with Crippen molar-refractivity contribution in [2.24, 2.45) is 21.5 Å². The van der Waals surface area contributed by atoms with E-state index in [0.717, 1.165) is 17.3 Å². The lowest BCUT2D eigenvalue weighted by molar-refractivity contribution is 0.498. The van der Waals surface area contributed by atoms with Gasteiger partial charge in [-0.25, -0.2) is 4.98 Å². The number of guanidine groups is 2. The van der Waals surface area contributed by atoms with Gasteiger partial charge in [0.05, 0.1) is 12.3 Å². The summed E-state index contributed by atoms with van der Waals surface area (Å²) in [5.74, 6) is 3.00. The summed E-state index contributed by atoms with van der Waals surface area (Å²) in [7, 11) is 1.74. The van der Waals surface area contributed by atoms with Gasteiger partial charge < -0.3 is 21.7 Å². The quantitative estimate of drug-likeness (QED) is 0.198. The molecule has 0 amide bonds. The maximum atomic E-state index is 8.39. The Balaban J connectivity index is 2.10. The number of hydrogen-bond acceptors (Lipinski definition) is 6. The second-order valence-electron chi connectivity index (χ2n) is 4.17. The molecule has 0 atom stereocenters. The number of nitriles is 1. The number of aromatic amines is 1. The Morgan fingerprint density at radius 1 is 1.59 bits per heavy atom. The molecule has 0 saturated heterocycles. The number of aromatic nitrogens is 3. The summed E-state index contributed by atoms with van der Waals surface area (Å²) >= 11 is 1.70. The van der Waals surface area contributed by atoms with Crippen LogP contribution in [-0.4, -0.2) is 64.4 Å². The molecule has 120 valence electrons. The fourth-order valence-electron chi connectivity index (χ4n) is 1.36. The molecule has 0 aromatic carbocycles. The van der Waals surface area contributed by atoms with Crippen LogP contribution in [0.5, 0.6) is 0 Å². The van der Waals surface area contributed by atoms with Crippen LogP contribution >= 0.6 is 11.8 Å². The van der Waals surface area contributed by atoms with Gasteiger partial charge in [0.2, 0.25) is 12.2 Å². The molecular formula is C11H20N10S. The lowest BCUT2D eigenvalue weighted by atomic mass is 10.5. The minimum atomic E-state index is 0.170. The summed E-state index contributed by atoms with van der Waals surface area (Å²) in [6, 6.07) is 0. The third kappa shape index (κ3) is 7.34. The van der Waals surface area contributed by atoms with E-state index in [4.69, 9.17) is 16.7 Å². The Hall–Kier alpha value is -2.48. The van der Waals surface area contributed by atoms with E-state index >= 15 is 0 Å². The first kappa shape index (κ1) is 17.6. The molecule has 0 saturated carbocycles. The summed E-state index contributed by atoms with van der Waals surface area (Å²) in [5, 5.41) is 17.9. The van der Waals surface area contributed by atoms with E-state index in [1.807, 2.05) is 0 Å². The van der Waals surface area contributed by atoms with Crippen molar-refractivity contribution in [2.75, 3.05) is 32.4 Å². The Morgan fingerprint density at radius 3 is 3.09 bits per heavy atom. The van der Waals surface area contributed by atoms with Crippen molar-refractivity contribution < 1.29 is 0 Å². The average Bonchev–Trinajstić information content (AvgIpc) is 3.00. The number of aliphatic imine (C=N–C) groups is 2. The highest BCUT2D eigenvalue weighted by molar-refractivity contribution is 7.98. The normalized spacial score (nSPS) is 12.0. The van der Waals surface area contributed by atoms with Crippen LogP contribution in [0.15, 0.2) is 16.3 Å². The minimum Gasteiger partial charge on any atom is -0.370 e. The Bertz CT molecular complexity index is 517. The van der Waals surface area contributed by atoms with Crippen molar-refractivity contribution in [2.45, 2.75) is 5.75 Å². The van der Waals surface area contributed by atoms with Crippen LogP contribution in [0.2, 0.25) is 0 Å². The number of nitrogens with one attached hydrogen (secondary N) is 2. The van der Waals surface area contributed by atoms with Crippen LogP contribution in [-0.2, 0) is 5.75 Å². The van der Waals surface area contributed by atoms with Gasteiger partial charge in [-0.1, -0.05) is 0 Å². The van der Waals surface area contributed by atoms with Crippen molar-refractivity contribution in [3.05, 3.63) is 12.2 Å². The standard InChI is InChI=1S/C11H20N10S/c1-21(11(14)17-7-12)4-2-15-10(13)16-3-5-22-6-9-18-8-19-20-9/h8H,2-6H2,1H3,(H2,14,17)(H3,13,15,16)(H,18,19,20). The lowest BCUT2D eigenvalue weighted by Gasteiger charge is -2.17. The molecule has 0 spiro atoms. The van der Waals surface area contributed by atoms with Gasteiger partial charge >= 0.3 is 0 Å². The average molecular weight is 324 g/mol. The Morgan fingerprint density at radius 2 is 2.41 bits per heavy atom. The van der Waals surface area contributed by atoms with Crippen molar-refractivity contribution in [1.29, 1.82) is 5.26 Å². The van der Waals surface area contributed by atoms with Crippen LogP contribution in [0.25, 0.3) is 0 Å². The number of nitrogens with zero attached hydrogens (tertiary/aromatic N) is 6. The molecule has 0 aliphatic rings. The molecule has 0 fully saturated rings. The fraction of sp³-hybridized carbons (Fsp3) is 0.545. The first-order valence-corrected chi connectivity index (χ1v) is 7.68. The van der Waals surface area contributed by atoms with Crippen molar-refractivity contribution in [3.8, 4) is 6.19 Å². The Labute approximate surface area is 133 Å². The van der Waals surface area contributed by atoms with Gasteiger partial charge in [-0.05, 0) is 0 Å². The van der Waals surface area contributed by atoms with Crippen LogP contribution in [0.1, 0.15) is 5.82 Å². The highest BCUT2D eigenvalue weighted by atomic mass is 32.2. The molecule has 1 heterocycles. The maximum Gasteiger partial charge on any atom is 0.209 e. The Kier molecular flexibility index (Phi) is 8.21. The van der Waals surface area contributed by atoms with Crippen molar-refractivity contribution in [1.82, 2.24) is 25.4 Å². The SMILES string of the molecule is CN(CCNC(N)=NCCSCc1ncn[nH]1)C(N)=NC#N. The topological polar surface area (TPSA) is 157 Å². The molecule has 1 aromatic rings. The number of likely N-dealkylation sites (N-methyl/N-ethyl adjacent to an activating group) is 1. The van der Waals surface area contributed by atoms with Gasteiger partial charge in [0.25, 0.3) is 0 Å². The van der Waals surface area contributed by atoms with Crippen molar-refractivity contribution in [3.63, 3.8) is 0 Å². The lowest BCUT2D eigenvalue weighted by Crippen LogP contribution is -2.41. The number of rotatable bonds is 8. The number of H-pyrrole nitrogens is 1. The van der Waals surface area contributed by atoms with E-state index in [1.54, 1.807) is 29.9 Å². The zero-order valence-corrected chi connectivity index (χ0v) is 13.2. The number of thioether (sulfide) groups is 1. The van der Waals surface area contributed by atoms with Crippen LogP contribution < -0.4 is 16.8 Å². The molecule has 1 aromatic heterocycles.